The normalized spacial score (nSPS) is 21.4. The summed E-state index contributed by atoms with van der Waals surface area (Å²) in [6.07, 6.45) is -3.70. The van der Waals surface area contributed by atoms with Gasteiger partial charge in [0.05, 0.1) is 0 Å². The van der Waals surface area contributed by atoms with Gasteiger partial charge in [0.1, 0.15) is 6.04 Å². The number of halogens is 3. The molecule has 2 aliphatic rings. The van der Waals surface area contributed by atoms with Gasteiger partial charge in [-0.1, -0.05) is 12.0 Å². The molecule has 1 atom stereocenters. The molecule has 3 rings (SSSR count). The Morgan fingerprint density at radius 1 is 1.15 bits per heavy atom. The quantitative estimate of drug-likeness (QED) is 0.779. The molecule has 0 bridgehead atoms. The number of likely N-dealkylation sites (tertiary alicyclic amines) is 1. The van der Waals surface area contributed by atoms with Crippen molar-refractivity contribution >= 4 is 17.8 Å². The highest BCUT2D eigenvalue weighted by molar-refractivity contribution is 5.90. The number of anilines is 1. The Kier molecular flexibility index (Phi) is 5.05. The Bertz CT molecular complexity index is 670. The third kappa shape index (κ3) is 3.61. The first kappa shape index (κ1) is 18.5. The molecule has 1 unspecified atom stereocenters. The van der Waals surface area contributed by atoms with Crippen LogP contribution in [0.5, 0.6) is 0 Å². The lowest BCUT2D eigenvalue weighted by atomic mass is 10.1. The van der Waals surface area contributed by atoms with Crippen LogP contribution < -0.4 is 4.90 Å². The van der Waals surface area contributed by atoms with Crippen molar-refractivity contribution in [3.05, 3.63) is 5.89 Å². The highest BCUT2D eigenvalue weighted by Gasteiger charge is 2.48. The minimum absolute atomic E-state index is 0.0451. The number of rotatable bonds is 3. The summed E-state index contributed by atoms with van der Waals surface area (Å²) in [6.45, 7) is 3.38. The number of aromatic nitrogens is 2. The van der Waals surface area contributed by atoms with E-state index in [2.05, 4.69) is 10.2 Å². The molecule has 8 nitrogen and oxygen atoms in total. The van der Waals surface area contributed by atoms with Gasteiger partial charge in [0.2, 0.25) is 11.8 Å². The van der Waals surface area contributed by atoms with Crippen LogP contribution in [0.25, 0.3) is 0 Å². The number of piperazine rings is 1. The van der Waals surface area contributed by atoms with Gasteiger partial charge in [0.15, 0.2) is 0 Å². The van der Waals surface area contributed by atoms with E-state index >= 15 is 0 Å². The van der Waals surface area contributed by atoms with Crippen molar-refractivity contribution in [2.75, 3.05) is 37.6 Å². The molecule has 26 heavy (non-hydrogen) atoms. The molecule has 2 aliphatic heterocycles. The maximum Gasteiger partial charge on any atom is 0.471 e. The third-order valence-electron chi connectivity index (χ3n) is 4.66. The van der Waals surface area contributed by atoms with Gasteiger partial charge in [0.25, 0.3) is 0 Å². The summed E-state index contributed by atoms with van der Waals surface area (Å²) in [5.41, 5.74) is 0. The van der Waals surface area contributed by atoms with Crippen LogP contribution in [0, 0.1) is 0 Å². The van der Waals surface area contributed by atoms with E-state index < -0.39 is 24.0 Å². The largest absolute Gasteiger partial charge is 0.471 e. The van der Waals surface area contributed by atoms with E-state index in [0.717, 1.165) is 0 Å². The standard InChI is InChI=1S/C15H20F3N5O3/c1-2-11-19-20-14(26-11)22-8-6-21(7-9-22)12(24)10-4-3-5-23(10)13(25)15(16,17)18/h10H,2-9H2,1H3. The van der Waals surface area contributed by atoms with Crippen molar-refractivity contribution in [1.29, 1.82) is 0 Å². The molecule has 2 fully saturated rings. The molecule has 0 aromatic carbocycles. The first-order valence-corrected chi connectivity index (χ1v) is 8.55. The van der Waals surface area contributed by atoms with E-state index in [-0.39, 0.29) is 13.0 Å². The molecule has 11 heteroatoms. The Morgan fingerprint density at radius 3 is 2.42 bits per heavy atom. The maximum absolute atomic E-state index is 12.7. The van der Waals surface area contributed by atoms with E-state index in [1.165, 1.54) is 4.90 Å². The number of hydrogen-bond acceptors (Lipinski definition) is 6. The average Bonchev–Trinajstić information content (AvgIpc) is 3.29. The summed E-state index contributed by atoms with van der Waals surface area (Å²) in [7, 11) is 0. The smallest absolute Gasteiger partial charge is 0.408 e. The number of amides is 2. The van der Waals surface area contributed by atoms with Crippen LogP contribution >= 0.6 is 0 Å². The van der Waals surface area contributed by atoms with Crippen LogP contribution in [0.1, 0.15) is 25.7 Å². The number of hydrogen-bond donors (Lipinski definition) is 0. The summed E-state index contributed by atoms with van der Waals surface area (Å²) in [4.78, 5) is 28.1. The Balaban J connectivity index is 1.60. The molecule has 0 aliphatic carbocycles. The SMILES string of the molecule is CCc1nnc(N2CCN(C(=O)C3CCCN3C(=O)C(F)(F)F)CC2)o1. The third-order valence-corrected chi connectivity index (χ3v) is 4.66. The molecule has 0 spiro atoms. The molecule has 144 valence electrons. The molecular formula is C15H20F3N5O3. The number of carbonyl (C=O) groups excluding carboxylic acids is 2. The second-order valence-corrected chi connectivity index (χ2v) is 6.30. The molecule has 3 heterocycles. The maximum atomic E-state index is 12.7. The van der Waals surface area contributed by atoms with Gasteiger partial charge in [-0.15, -0.1) is 5.10 Å². The molecule has 1 aromatic rings. The molecule has 0 saturated carbocycles. The van der Waals surface area contributed by atoms with Crippen molar-refractivity contribution in [3.63, 3.8) is 0 Å². The first-order valence-electron chi connectivity index (χ1n) is 8.55. The van der Waals surface area contributed by atoms with E-state index in [1.807, 2.05) is 11.8 Å². The van der Waals surface area contributed by atoms with Gasteiger partial charge < -0.3 is 19.1 Å². The predicted molar refractivity (Wildman–Crippen MR) is 83.3 cm³/mol. The van der Waals surface area contributed by atoms with E-state index in [9.17, 15) is 22.8 Å². The van der Waals surface area contributed by atoms with Gasteiger partial charge >= 0.3 is 18.1 Å². The van der Waals surface area contributed by atoms with Gasteiger partial charge in [-0.3, -0.25) is 9.59 Å². The fourth-order valence-electron chi connectivity index (χ4n) is 3.27. The van der Waals surface area contributed by atoms with Crippen molar-refractivity contribution in [3.8, 4) is 0 Å². The van der Waals surface area contributed by atoms with Crippen LogP contribution in [0.4, 0.5) is 19.2 Å². The molecule has 0 N–H and O–H groups in total. The lowest BCUT2D eigenvalue weighted by Crippen LogP contribution is -2.56. The fraction of sp³-hybridized carbons (Fsp3) is 0.733. The Hall–Kier alpha value is -2.33. The lowest BCUT2D eigenvalue weighted by Gasteiger charge is -2.36. The molecular weight excluding hydrogens is 355 g/mol. The van der Waals surface area contributed by atoms with Crippen LogP contribution in [-0.2, 0) is 16.0 Å². The summed E-state index contributed by atoms with van der Waals surface area (Å²) < 4.78 is 43.6. The second-order valence-electron chi connectivity index (χ2n) is 6.30. The van der Waals surface area contributed by atoms with Crippen LogP contribution in [0.2, 0.25) is 0 Å². The summed E-state index contributed by atoms with van der Waals surface area (Å²) in [5, 5.41) is 7.84. The highest BCUT2D eigenvalue weighted by atomic mass is 19.4. The summed E-state index contributed by atoms with van der Waals surface area (Å²) >= 11 is 0. The average molecular weight is 375 g/mol. The number of nitrogens with zero attached hydrogens (tertiary/aromatic N) is 5. The zero-order valence-corrected chi connectivity index (χ0v) is 14.3. The Labute approximate surface area is 147 Å². The number of aryl methyl sites for hydroxylation is 1. The van der Waals surface area contributed by atoms with Gasteiger partial charge in [-0.05, 0) is 12.8 Å². The van der Waals surface area contributed by atoms with Gasteiger partial charge in [-0.25, -0.2) is 0 Å². The lowest BCUT2D eigenvalue weighted by molar-refractivity contribution is -0.187. The highest BCUT2D eigenvalue weighted by Crippen LogP contribution is 2.27. The van der Waals surface area contributed by atoms with Crippen molar-refractivity contribution in [2.24, 2.45) is 0 Å². The number of alkyl halides is 3. The van der Waals surface area contributed by atoms with Crippen molar-refractivity contribution < 1.29 is 27.2 Å². The minimum Gasteiger partial charge on any atom is -0.408 e. The van der Waals surface area contributed by atoms with E-state index in [0.29, 0.717) is 55.8 Å². The number of carbonyl (C=O) groups is 2. The van der Waals surface area contributed by atoms with Crippen molar-refractivity contribution in [1.82, 2.24) is 20.0 Å². The summed E-state index contributed by atoms with van der Waals surface area (Å²) in [5.74, 6) is -1.85. The van der Waals surface area contributed by atoms with Gasteiger partial charge in [-0.2, -0.15) is 13.2 Å². The zero-order chi connectivity index (χ0) is 18.9. The molecule has 2 amide bonds. The van der Waals surface area contributed by atoms with Gasteiger partial charge in [0, 0.05) is 39.1 Å². The second kappa shape index (κ2) is 7.12. The minimum atomic E-state index is -4.96. The summed E-state index contributed by atoms with van der Waals surface area (Å²) in [6, 6.07) is -0.658. The molecule has 0 radical (unpaired) electrons. The first-order chi connectivity index (χ1) is 12.3. The van der Waals surface area contributed by atoms with Crippen molar-refractivity contribution in [2.45, 2.75) is 38.4 Å². The van der Waals surface area contributed by atoms with Crippen LogP contribution in [0.15, 0.2) is 4.42 Å². The van der Waals surface area contributed by atoms with Crippen LogP contribution in [0.3, 0.4) is 0 Å². The topological polar surface area (TPSA) is 82.8 Å². The Morgan fingerprint density at radius 2 is 1.85 bits per heavy atom. The fourth-order valence-corrected chi connectivity index (χ4v) is 3.27. The molecule has 1 aromatic heterocycles. The monoisotopic (exact) mass is 375 g/mol. The molecule has 2 saturated heterocycles. The zero-order valence-electron chi connectivity index (χ0n) is 14.3. The van der Waals surface area contributed by atoms with E-state index in [1.54, 1.807) is 0 Å². The predicted octanol–water partition coefficient (Wildman–Crippen LogP) is 0.834. The van der Waals surface area contributed by atoms with E-state index in [4.69, 9.17) is 4.42 Å². The van der Waals surface area contributed by atoms with Crippen LogP contribution in [-0.4, -0.2) is 76.8 Å².